The van der Waals surface area contributed by atoms with Gasteiger partial charge >= 0.3 is 0 Å². The van der Waals surface area contributed by atoms with Crippen molar-refractivity contribution in [1.82, 2.24) is 10.2 Å². The van der Waals surface area contributed by atoms with Gasteiger partial charge in [-0.2, -0.15) is 0 Å². The van der Waals surface area contributed by atoms with E-state index in [1.54, 1.807) is 0 Å². The van der Waals surface area contributed by atoms with Crippen LogP contribution >= 0.6 is 0 Å². The lowest BCUT2D eigenvalue weighted by Crippen LogP contribution is -2.55. The second-order valence-electron chi connectivity index (χ2n) is 5.07. The summed E-state index contributed by atoms with van der Waals surface area (Å²) in [6.07, 6.45) is 4.87. The van der Waals surface area contributed by atoms with E-state index < -0.39 is 0 Å². The van der Waals surface area contributed by atoms with Crippen LogP contribution in [0.4, 0.5) is 0 Å². The van der Waals surface area contributed by atoms with Gasteiger partial charge in [0.1, 0.15) is 0 Å². The highest BCUT2D eigenvalue weighted by Crippen LogP contribution is 2.40. The first kappa shape index (κ1) is 8.72. The van der Waals surface area contributed by atoms with Crippen LogP contribution in [0.5, 0.6) is 0 Å². The summed E-state index contributed by atoms with van der Waals surface area (Å²) in [6.45, 7) is 3.14. The molecule has 3 heterocycles. The first-order chi connectivity index (χ1) is 6.83. The Morgan fingerprint density at radius 3 is 2.93 bits per heavy atom. The number of piperidine rings is 2. The Morgan fingerprint density at radius 1 is 1.43 bits per heavy atom. The molecule has 3 saturated heterocycles. The summed E-state index contributed by atoms with van der Waals surface area (Å²) < 4.78 is 0. The number of carbonyl (C=O) groups excluding carboxylic acids is 1. The Hall–Kier alpha value is -0.570. The first-order valence-electron chi connectivity index (χ1n) is 5.85. The fraction of sp³-hybridized carbons (Fsp3) is 0.909. The van der Waals surface area contributed by atoms with E-state index in [1.807, 2.05) is 0 Å². The number of nitrogens with zero attached hydrogens (tertiary/aromatic N) is 1. The molecule has 1 aliphatic carbocycles. The van der Waals surface area contributed by atoms with Crippen molar-refractivity contribution in [3.05, 3.63) is 0 Å². The molecule has 78 valence electrons. The molecule has 0 aromatic rings. The minimum Gasteiger partial charge on any atom is -0.341 e. The molecule has 0 radical (unpaired) electrons. The summed E-state index contributed by atoms with van der Waals surface area (Å²) in [4.78, 5) is 14.0. The van der Waals surface area contributed by atoms with E-state index in [-0.39, 0.29) is 0 Å². The van der Waals surface area contributed by atoms with Gasteiger partial charge in [0, 0.05) is 25.0 Å². The van der Waals surface area contributed by atoms with Crippen molar-refractivity contribution in [2.75, 3.05) is 19.6 Å². The smallest absolute Gasteiger partial charge is 0.225 e. The van der Waals surface area contributed by atoms with Crippen molar-refractivity contribution in [3.8, 4) is 0 Å². The van der Waals surface area contributed by atoms with Crippen molar-refractivity contribution >= 4 is 5.91 Å². The molecule has 4 fully saturated rings. The molecule has 0 aromatic heterocycles. The molecule has 1 unspecified atom stereocenters. The normalized spacial score (nSPS) is 41.3. The van der Waals surface area contributed by atoms with Crippen molar-refractivity contribution in [2.24, 2.45) is 11.8 Å². The van der Waals surface area contributed by atoms with Crippen LogP contribution in [0.2, 0.25) is 0 Å². The molecule has 0 spiro atoms. The molecule has 0 aromatic carbocycles. The monoisotopic (exact) mass is 194 g/mol. The predicted molar refractivity (Wildman–Crippen MR) is 53.8 cm³/mol. The van der Waals surface area contributed by atoms with Gasteiger partial charge in [0.2, 0.25) is 5.91 Å². The second-order valence-corrected chi connectivity index (χ2v) is 5.07. The van der Waals surface area contributed by atoms with Crippen LogP contribution in [0.1, 0.15) is 25.7 Å². The molecule has 1 saturated carbocycles. The lowest BCUT2D eigenvalue weighted by molar-refractivity contribution is -0.149. The molecule has 4 aliphatic rings. The number of hydrogen-bond acceptors (Lipinski definition) is 2. The topological polar surface area (TPSA) is 32.3 Å². The highest BCUT2D eigenvalue weighted by molar-refractivity contribution is 5.81. The molecule has 1 N–H and O–H groups in total. The van der Waals surface area contributed by atoms with Crippen LogP contribution in [-0.4, -0.2) is 36.5 Å². The lowest BCUT2D eigenvalue weighted by Gasteiger charge is -2.46. The van der Waals surface area contributed by atoms with Crippen molar-refractivity contribution in [1.29, 1.82) is 0 Å². The summed E-state index contributed by atoms with van der Waals surface area (Å²) in [6, 6.07) is 0.580. The molecule has 3 nitrogen and oxygen atoms in total. The average Bonchev–Trinajstić information content (AvgIpc) is 2.58. The standard InChI is InChI=1S/C11H18N2O/c14-11-9-4-8(5-9)6-13(11)7-10-2-1-3-12-10/h8-10,12H,1-7H2. The predicted octanol–water partition coefficient (Wildman–Crippen LogP) is 0.607. The van der Waals surface area contributed by atoms with Gasteiger partial charge in [0.15, 0.2) is 0 Å². The summed E-state index contributed by atoms with van der Waals surface area (Å²) in [7, 11) is 0. The van der Waals surface area contributed by atoms with Gasteiger partial charge in [-0.05, 0) is 38.1 Å². The number of carbonyl (C=O) groups is 1. The highest BCUT2D eigenvalue weighted by atomic mass is 16.2. The molecule has 14 heavy (non-hydrogen) atoms. The van der Waals surface area contributed by atoms with Gasteiger partial charge in [-0.15, -0.1) is 0 Å². The third-order valence-corrected chi connectivity index (χ3v) is 3.98. The van der Waals surface area contributed by atoms with Gasteiger partial charge in [-0.3, -0.25) is 4.79 Å². The molecular weight excluding hydrogens is 176 g/mol. The van der Waals surface area contributed by atoms with E-state index in [0.717, 1.165) is 25.6 Å². The van der Waals surface area contributed by atoms with E-state index in [1.165, 1.54) is 25.7 Å². The van der Waals surface area contributed by atoms with Crippen molar-refractivity contribution in [2.45, 2.75) is 31.7 Å². The zero-order chi connectivity index (χ0) is 9.54. The number of rotatable bonds is 2. The Balaban J connectivity index is 1.59. The maximum absolute atomic E-state index is 11.8. The number of fused-ring (bicyclic) bond motifs is 2. The van der Waals surface area contributed by atoms with Crippen LogP contribution in [0.15, 0.2) is 0 Å². The molecular formula is C11H18N2O. The van der Waals surface area contributed by atoms with Crippen LogP contribution in [0.3, 0.4) is 0 Å². The molecule has 1 atom stereocenters. The van der Waals surface area contributed by atoms with E-state index in [2.05, 4.69) is 10.2 Å². The highest BCUT2D eigenvalue weighted by Gasteiger charge is 2.43. The molecule has 2 bridgehead atoms. The first-order valence-corrected chi connectivity index (χ1v) is 5.85. The van der Waals surface area contributed by atoms with E-state index in [9.17, 15) is 4.79 Å². The largest absolute Gasteiger partial charge is 0.341 e. The van der Waals surface area contributed by atoms with E-state index in [4.69, 9.17) is 0 Å². The fourth-order valence-corrected chi connectivity index (χ4v) is 3.09. The Bertz CT molecular complexity index is 242. The molecule has 3 aliphatic heterocycles. The second kappa shape index (κ2) is 3.23. The molecule has 3 heteroatoms. The minimum absolute atomic E-state index is 0.398. The number of nitrogens with one attached hydrogen (secondary N) is 1. The van der Waals surface area contributed by atoms with Crippen LogP contribution in [-0.2, 0) is 4.79 Å². The molecule has 1 amide bonds. The summed E-state index contributed by atoms with van der Waals surface area (Å²) in [5, 5.41) is 3.46. The Morgan fingerprint density at radius 2 is 2.29 bits per heavy atom. The fourth-order valence-electron chi connectivity index (χ4n) is 3.09. The Labute approximate surface area is 84.8 Å². The van der Waals surface area contributed by atoms with E-state index in [0.29, 0.717) is 17.9 Å². The maximum atomic E-state index is 11.8. The summed E-state index contributed by atoms with van der Waals surface area (Å²) in [5.74, 6) is 1.66. The SMILES string of the molecule is O=C1C2CC(C2)CN1CC1CCCN1. The summed E-state index contributed by atoms with van der Waals surface area (Å²) in [5.41, 5.74) is 0. The van der Waals surface area contributed by atoms with E-state index >= 15 is 0 Å². The van der Waals surface area contributed by atoms with Crippen LogP contribution < -0.4 is 5.32 Å². The van der Waals surface area contributed by atoms with Crippen LogP contribution in [0.25, 0.3) is 0 Å². The van der Waals surface area contributed by atoms with Gasteiger partial charge in [0.25, 0.3) is 0 Å². The van der Waals surface area contributed by atoms with Gasteiger partial charge < -0.3 is 10.2 Å². The van der Waals surface area contributed by atoms with Crippen molar-refractivity contribution in [3.63, 3.8) is 0 Å². The number of hydrogen-bond donors (Lipinski definition) is 1. The zero-order valence-electron chi connectivity index (χ0n) is 8.54. The van der Waals surface area contributed by atoms with Gasteiger partial charge in [-0.25, -0.2) is 0 Å². The molecule has 4 rings (SSSR count). The van der Waals surface area contributed by atoms with Gasteiger partial charge in [-0.1, -0.05) is 0 Å². The van der Waals surface area contributed by atoms with Crippen LogP contribution in [0, 0.1) is 11.8 Å². The zero-order valence-corrected chi connectivity index (χ0v) is 8.54. The van der Waals surface area contributed by atoms with Crippen molar-refractivity contribution < 1.29 is 4.79 Å². The lowest BCUT2D eigenvalue weighted by atomic mass is 9.70. The Kier molecular flexibility index (Phi) is 2.01. The quantitative estimate of drug-likeness (QED) is 0.698. The third-order valence-electron chi connectivity index (χ3n) is 3.98. The maximum Gasteiger partial charge on any atom is 0.225 e. The van der Waals surface area contributed by atoms with Gasteiger partial charge in [0.05, 0.1) is 0 Å². The minimum atomic E-state index is 0.398. The summed E-state index contributed by atoms with van der Waals surface area (Å²) >= 11 is 0. The number of amides is 1. The third kappa shape index (κ3) is 1.34. The average molecular weight is 194 g/mol.